The normalized spacial score (nSPS) is 16.1. The summed E-state index contributed by atoms with van der Waals surface area (Å²) in [6, 6.07) is 14.0. The first-order valence-corrected chi connectivity index (χ1v) is 8.19. The standard InChI is InChI=1S/C20H17NO4/c1-12-6-7-18-14(10-12)16(22)11-19(25-18)20(23)21-15-8-9-24-17-5-3-2-4-13(15)17/h2-7,10-11,15H,8-9H2,1H3,(H,21,23). The number of aryl methyl sites for hydroxylation is 1. The number of ether oxygens (including phenoxy) is 1. The topological polar surface area (TPSA) is 68.5 Å². The van der Waals surface area contributed by atoms with Crippen LogP contribution in [0.25, 0.3) is 11.0 Å². The molecular formula is C20H17NO4. The van der Waals surface area contributed by atoms with E-state index in [2.05, 4.69) is 5.32 Å². The van der Waals surface area contributed by atoms with Crippen LogP contribution < -0.4 is 15.5 Å². The largest absolute Gasteiger partial charge is 0.493 e. The van der Waals surface area contributed by atoms with Crippen molar-refractivity contribution < 1.29 is 13.9 Å². The van der Waals surface area contributed by atoms with Gasteiger partial charge >= 0.3 is 0 Å². The monoisotopic (exact) mass is 335 g/mol. The number of fused-ring (bicyclic) bond motifs is 2. The second-order valence-corrected chi connectivity index (χ2v) is 6.18. The van der Waals surface area contributed by atoms with Gasteiger partial charge in [0.15, 0.2) is 11.2 Å². The molecule has 1 aromatic heterocycles. The highest BCUT2D eigenvalue weighted by Gasteiger charge is 2.24. The Morgan fingerprint density at radius 1 is 1.16 bits per heavy atom. The second-order valence-electron chi connectivity index (χ2n) is 6.18. The SMILES string of the molecule is Cc1ccc2oc(C(=O)NC3CCOc4ccccc43)cc(=O)c2c1. The van der Waals surface area contributed by atoms with Crippen LogP contribution in [-0.2, 0) is 0 Å². The molecule has 1 atom stereocenters. The molecule has 1 amide bonds. The van der Waals surface area contributed by atoms with E-state index in [1.165, 1.54) is 6.07 Å². The van der Waals surface area contributed by atoms with Crippen LogP contribution in [0.15, 0.2) is 57.7 Å². The molecule has 4 rings (SSSR count). The molecule has 1 N–H and O–H groups in total. The molecule has 0 spiro atoms. The van der Waals surface area contributed by atoms with Crippen LogP contribution in [0.2, 0.25) is 0 Å². The fraction of sp³-hybridized carbons (Fsp3) is 0.200. The quantitative estimate of drug-likeness (QED) is 0.780. The average Bonchev–Trinajstić information content (AvgIpc) is 2.62. The molecule has 25 heavy (non-hydrogen) atoms. The minimum Gasteiger partial charge on any atom is -0.493 e. The lowest BCUT2D eigenvalue weighted by Crippen LogP contribution is -2.32. The Morgan fingerprint density at radius 2 is 2.00 bits per heavy atom. The zero-order valence-corrected chi connectivity index (χ0v) is 13.7. The molecule has 0 saturated heterocycles. The van der Waals surface area contributed by atoms with Crippen LogP contribution in [-0.4, -0.2) is 12.5 Å². The molecular weight excluding hydrogens is 318 g/mol. The fourth-order valence-electron chi connectivity index (χ4n) is 3.10. The van der Waals surface area contributed by atoms with Gasteiger partial charge in [0.25, 0.3) is 5.91 Å². The number of hydrogen-bond donors (Lipinski definition) is 1. The minimum atomic E-state index is -0.402. The molecule has 0 radical (unpaired) electrons. The molecule has 2 heterocycles. The third kappa shape index (κ3) is 2.89. The summed E-state index contributed by atoms with van der Waals surface area (Å²) in [4.78, 5) is 24.9. The number of benzene rings is 2. The van der Waals surface area contributed by atoms with E-state index in [1.54, 1.807) is 12.1 Å². The summed E-state index contributed by atoms with van der Waals surface area (Å²) in [5.41, 5.74) is 2.09. The summed E-state index contributed by atoms with van der Waals surface area (Å²) in [7, 11) is 0. The summed E-state index contributed by atoms with van der Waals surface area (Å²) in [5.74, 6) is 0.390. The predicted octanol–water partition coefficient (Wildman–Crippen LogP) is 3.36. The molecule has 1 unspecified atom stereocenters. The van der Waals surface area contributed by atoms with Crippen LogP contribution in [0, 0.1) is 6.92 Å². The van der Waals surface area contributed by atoms with Gasteiger partial charge in [-0.25, -0.2) is 0 Å². The Labute approximate surface area is 144 Å². The van der Waals surface area contributed by atoms with Gasteiger partial charge in [-0.3, -0.25) is 9.59 Å². The van der Waals surface area contributed by atoms with Gasteiger partial charge in [-0.05, 0) is 25.1 Å². The average molecular weight is 335 g/mol. The first-order valence-electron chi connectivity index (χ1n) is 8.19. The van der Waals surface area contributed by atoms with Gasteiger partial charge in [0.2, 0.25) is 0 Å². The maximum Gasteiger partial charge on any atom is 0.287 e. The molecule has 126 valence electrons. The third-order valence-corrected chi connectivity index (χ3v) is 4.37. The Morgan fingerprint density at radius 3 is 2.88 bits per heavy atom. The number of rotatable bonds is 2. The Hall–Kier alpha value is -3.08. The van der Waals surface area contributed by atoms with Crippen molar-refractivity contribution in [3.63, 3.8) is 0 Å². The van der Waals surface area contributed by atoms with Crippen molar-refractivity contribution in [1.82, 2.24) is 5.32 Å². The van der Waals surface area contributed by atoms with E-state index < -0.39 is 5.91 Å². The van der Waals surface area contributed by atoms with Crippen molar-refractivity contribution >= 4 is 16.9 Å². The zero-order chi connectivity index (χ0) is 17.4. The van der Waals surface area contributed by atoms with Crippen LogP contribution in [0.3, 0.4) is 0 Å². The summed E-state index contributed by atoms with van der Waals surface area (Å²) < 4.78 is 11.2. The van der Waals surface area contributed by atoms with Crippen molar-refractivity contribution in [2.45, 2.75) is 19.4 Å². The van der Waals surface area contributed by atoms with Crippen molar-refractivity contribution in [2.75, 3.05) is 6.61 Å². The predicted molar refractivity (Wildman–Crippen MR) is 94.0 cm³/mol. The fourth-order valence-corrected chi connectivity index (χ4v) is 3.10. The van der Waals surface area contributed by atoms with Crippen molar-refractivity contribution in [1.29, 1.82) is 0 Å². The van der Waals surface area contributed by atoms with E-state index in [9.17, 15) is 9.59 Å². The minimum absolute atomic E-state index is 0.0188. The van der Waals surface area contributed by atoms with Crippen LogP contribution >= 0.6 is 0 Å². The third-order valence-electron chi connectivity index (χ3n) is 4.37. The first-order chi connectivity index (χ1) is 12.1. The molecule has 2 aromatic carbocycles. The maximum absolute atomic E-state index is 12.6. The summed E-state index contributed by atoms with van der Waals surface area (Å²) in [6.45, 7) is 2.44. The van der Waals surface area contributed by atoms with Gasteiger partial charge in [0.05, 0.1) is 18.0 Å². The highest BCUT2D eigenvalue weighted by molar-refractivity contribution is 5.93. The van der Waals surface area contributed by atoms with E-state index in [-0.39, 0.29) is 17.2 Å². The van der Waals surface area contributed by atoms with Gasteiger partial charge < -0.3 is 14.5 Å². The van der Waals surface area contributed by atoms with Gasteiger partial charge in [-0.15, -0.1) is 0 Å². The number of amides is 1. The summed E-state index contributed by atoms with van der Waals surface area (Å²) in [5, 5.41) is 3.42. The highest BCUT2D eigenvalue weighted by Crippen LogP contribution is 2.31. The molecule has 0 saturated carbocycles. The molecule has 0 fully saturated rings. The van der Waals surface area contributed by atoms with Crippen LogP contribution in [0.5, 0.6) is 5.75 Å². The molecule has 0 bridgehead atoms. The smallest absolute Gasteiger partial charge is 0.287 e. The van der Waals surface area contributed by atoms with Crippen LogP contribution in [0.4, 0.5) is 0 Å². The van der Waals surface area contributed by atoms with Crippen LogP contribution in [0.1, 0.15) is 34.1 Å². The van der Waals surface area contributed by atoms with E-state index in [1.807, 2.05) is 37.3 Å². The van der Waals surface area contributed by atoms with Crippen molar-refractivity contribution in [3.05, 3.63) is 75.6 Å². The van der Waals surface area contributed by atoms with Crippen molar-refractivity contribution in [3.8, 4) is 5.75 Å². The first kappa shape index (κ1) is 15.4. The molecule has 5 heteroatoms. The Bertz CT molecular complexity index is 1020. The number of para-hydroxylation sites is 1. The van der Waals surface area contributed by atoms with E-state index >= 15 is 0 Å². The highest BCUT2D eigenvalue weighted by atomic mass is 16.5. The zero-order valence-electron chi connectivity index (χ0n) is 13.7. The number of hydrogen-bond acceptors (Lipinski definition) is 4. The summed E-state index contributed by atoms with van der Waals surface area (Å²) in [6.07, 6.45) is 0.666. The molecule has 0 aliphatic carbocycles. The molecule has 1 aliphatic rings. The number of carbonyl (C=O) groups is 1. The van der Waals surface area contributed by atoms with Crippen molar-refractivity contribution in [2.24, 2.45) is 0 Å². The lowest BCUT2D eigenvalue weighted by molar-refractivity contribution is 0.0897. The van der Waals surface area contributed by atoms with E-state index in [4.69, 9.17) is 9.15 Å². The van der Waals surface area contributed by atoms with E-state index in [0.717, 1.165) is 16.9 Å². The number of nitrogens with one attached hydrogen (secondary N) is 1. The summed E-state index contributed by atoms with van der Waals surface area (Å²) >= 11 is 0. The Kier molecular flexibility index (Phi) is 3.76. The lowest BCUT2D eigenvalue weighted by Gasteiger charge is -2.26. The van der Waals surface area contributed by atoms with Gasteiger partial charge in [-0.2, -0.15) is 0 Å². The molecule has 1 aliphatic heterocycles. The van der Waals surface area contributed by atoms with Gasteiger partial charge in [0, 0.05) is 18.1 Å². The maximum atomic E-state index is 12.6. The lowest BCUT2D eigenvalue weighted by atomic mass is 10.0. The second kappa shape index (κ2) is 6.09. The molecule has 3 aromatic rings. The van der Waals surface area contributed by atoms with Gasteiger partial charge in [0.1, 0.15) is 11.3 Å². The Balaban J connectivity index is 1.65. The number of carbonyl (C=O) groups excluding carboxylic acids is 1. The molecule has 5 nitrogen and oxygen atoms in total. The van der Waals surface area contributed by atoms with Gasteiger partial charge in [-0.1, -0.05) is 29.8 Å². The van der Waals surface area contributed by atoms with E-state index in [0.29, 0.717) is 24.0 Å².